The number of rotatable bonds is 0. The second kappa shape index (κ2) is 7.67. The summed E-state index contributed by atoms with van der Waals surface area (Å²) in [5.41, 5.74) is 2.66. The van der Waals surface area contributed by atoms with Crippen LogP contribution >= 0.6 is 0 Å². The van der Waals surface area contributed by atoms with E-state index in [-0.39, 0.29) is 18.6 Å². The summed E-state index contributed by atoms with van der Waals surface area (Å²) in [4.78, 5) is 0. The number of benzene rings is 1. The Balaban J connectivity index is 0.000000246. The molecule has 1 aromatic carbocycles. The van der Waals surface area contributed by atoms with E-state index in [1.54, 1.807) is 0 Å². The molecule has 1 aromatic rings. The van der Waals surface area contributed by atoms with Crippen molar-refractivity contribution in [2.45, 2.75) is 20.3 Å². The molecule has 2 rings (SSSR count). The Hall–Kier alpha value is -0.716. The van der Waals surface area contributed by atoms with Gasteiger partial charge in [-0.2, -0.15) is 6.08 Å². The minimum atomic E-state index is 0. The van der Waals surface area contributed by atoms with Gasteiger partial charge < -0.3 is 0 Å². The van der Waals surface area contributed by atoms with Crippen LogP contribution in [0.25, 0.3) is 0 Å². The molecule has 0 nitrogen and oxygen atoms in total. The van der Waals surface area contributed by atoms with E-state index in [9.17, 15) is 0 Å². The monoisotopic (exact) mass is 222 g/mol. The molecule has 0 fully saturated rings. The zero-order valence-electron chi connectivity index (χ0n) is 8.70. The minimum Gasteiger partial charge on any atom is -0.273 e. The van der Waals surface area contributed by atoms with Crippen LogP contribution in [-0.4, -0.2) is 0 Å². The van der Waals surface area contributed by atoms with Gasteiger partial charge in [-0.1, -0.05) is 35.4 Å². The van der Waals surface area contributed by atoms with E-state index in [1.165, 1.54) is 11.1 Å². The summed E-state index contributed by atoms with van der Waals surface area (Å²) in [7, 11) is 0. The van der Waals surface area contributed by atoms with Crippen molar-refractivity contribution < 1.29 is 18.6 Å². The fraction of sp³-hybridized carbons (Fsp3) is 0.231. The second-order valence-corrected chi connectivity index (χ2v) is 3.16. The van der Waals surface area contributed by atoms with Crippen molar-refractivity contribution in [1.82, 2.24) is 0 Å². The Bertz CT molecular complexity index is 263. The summed E-state index contributed by atoms with van der Waals surface area (Å²) < 4.78 is 0. The third-order valence-electron chi connectivity index (χ3n) is 1.80. The molecule has 0 N–H and O–H groups in total. The van der Waals surface area contributed by atoms with Gasteiger partial charge in [-0.3, -0.25) is 6.08 Å². The molecule has 1 heteroatoms. The Labute approximate surface area is 98.6 Å². The first kappa shape index (κ1) is 13.3. The number of hydrogen-bond donors (Lipinski definition) is 0. The molecule has 1 aliphatic rings. The van der Waals surface area contributed by atoms with Crippen LogP contribution < -0.4 is 0 Å². The van der Waals surface area contributed by atoms with Crippen LogP contribution in [0.5, 0.6) is 0 Å². The summed E-state index contributed by atoms with van der Waals surface area (Å²) >= 11 is 0. The first-order chi connectivity index (χ1) is 6.29. The topological polar surface area (TPSA) is 0 Å². The van der Waals surface area contributed by atoms with E-state index < -0.39 is 0 Å². The van der Waals surface area contributed by atoms with Gasteiger partial charge in [-0.15, -0.1) is 6.42 Å². The number of hydrogen-bond acceptors (Lipinski definition) is 0. The maximum Gasteiger partial charge on any atom is 0 e. The standard InChI is InChI=1S/C8H10.C5H5.V/c1-7-3-5-8(2)6-4-7;1-2-4-5-3-1;/h3-6H,1-2H3;1-3H,4H2;/q;-1;. The van der Waals surface area contributed by atoms with E-state index in [0.717, 1.165) is 6.42 Å². The largest absolute Gasteiger partial charge is 0.273 e. The molecule has 0 aliphatic heterocycles. The first-order valence-corrected chi connectivity index (χ1v) is 4.54. The van der Waals surface area contributed by atoms with E-state index in [1.807, 2.05) is 12.2 Å². The third-order valence-corrected chi connectivity index (χ3v) is 1.80. The van der Waals surface area contributed by atoms with E-state index in [2.05, 4.69) is 50.3 Å². The molecule has 0 unspecified atom stereocenters. The van der Waals surface area contributed by atoms with Crippen LogP contribution in [-0.2, 0) is 18.6 Å². The van der Waals surface area contributed by atoms with Crippen molar-refractivity contribution in [2.75, 3.05) is 0 Å². The van der Waals surface area contributed by atoms with Gasteiger partial charge in [-0.25, -0.2) is 12.2 Å². The van der Waals surface area contributed by atoms with Gasteiger partial charge in [0.2, 0.25) is 0 Å². The van der Waals surface area contributed by atoms with Crippen LogP contribution in [0.15, 0.2) is 42.5 Å². The summed E-state index contributed by atoms with van der Waals surface area (Å²) in [6.45, 7) is 4.19. The van der Waals surface area contributed by atoms with Crippen LogP contribution in [0.1, 0.15) is 17.5 Å². The van der Waals surface area contributed by atoms with Gasteiger partial charge >= 0.3 is 0 Å². The first-order valence-electron chi connectivity index (χ1n) is 4.54. The van der Waals surface area contributed by atoms with Crippen LogP contribution in [0.3, 0.4) is 0 Å². The van der Waals surface area contributed by atoms with Gasteiger partial charge in [-0.05, 0) is 13.8 Å². The number of aryl methyl sites for hydroxylation is 2. The fourth-order valence-corrected chi connectivity index (χ4v) is 0.977. The average Bonchev–Trinajstić information content (AvgIpc) is 2.68. The van der Waals surface area contributed by atoms with Crippen molar-refractivity contribution in [3.05, 3.63) is 59.7 Å². The van der Waals surface area contributed by atoms with E-state index >= 15 is 0 Å². The Kier molecular flexibility index (Phi) is 7.27. The molecule has 0 amide bonds. The Morgan fingerprint density at radius 3 is 1.71 bits per heavy atom. The van der Waals surface area contributed by atoms with Gasteiger partial charge in [0, 0.05) is 18.6 Å². The second-order valence-electron chi connectivity index (χ2n) is 3.16. The fourth-order valence-electron chi connectivity index (χ4n) is 0.977. The van der Waals surface area contributed by atoms with Crippen molar-refractivity contribution in [3.8, 4) is 0 Å². The number of allylic oxidation sites excluding steroid dienone is 4. The predicted molar refractivity (Wildman–Crippen MR) is 57.5 cm³/mol. The average molecular weight is 222 g/mol. The van der Waals surface area contributed by atoms with Gasteiger partial charge in [0.25, 0.3) is 0 Å². The summed E-state index contributed by atoms with van der Waals surface area (Å²) in [5, 5.41) is 0. The third kappa shape index (κ3) is 5.85. The molecule has 0 atom stereocenters. The molecular weight excluding hydrogens is 207 g/mol. The summed E-state index contributed by atoms with van der Waals surface area (Å²) in [6, 6.07) is 8.48. The molecule has 73 valence electrons. The molecular formula is C13H15V-. The molecule has 0 spiro atoms. The van der Waals surface area contributed by atoms with Crippen molar-refractivity contribution in [1.29, 1.82) is 0 Å². The molecule has 0 heterocycles. The van der Waals surface area contributed by atoms with E-state index in [4.69, 9.17) is 0 Å². The molecule has 0 bridgehead atoms. The zero-order valence-corrected chi connectivity index (χ0v) is 10.1. The molecule has 14 heavy (non-hydrogen) atoms. The molecule has 1 aliphatic carbocycles. The van der Waals surface area contributed by atoms with Crippen molar-refractivity contribution >= 4 is 0 Å². The molecule has 0 aromatic heterocycles. The Morgan fingerprint density at radius 2 is 1.50 bits per heavy atom. The molecule has 0 saturated carbocycles. The zero-order chi connectivity index (χ0) is 9.52. The van der Waals surface area contributed by atoms with E-state index in [0.29, 0.717) is 0 Å². The predicted octanol–water partition coefficient (Wildman–Crippen LogP) is 3.61. The summed E-state index contributed by atoms with van der Waals surface area (Å²) in [6.07, 6.45) is 10.0. The molecule has 0 saturated heterocycles. The quantitative estimate of drug-likeness (QED) is 0.588. The Morgan fingerprint density at radius 1 is 1.00 bits per heavy atom. The van der Waals surface area contributed by atoms with Gasteiger partial charge in [0.1, 0.15) is 0 Å². The van der Waals surface area contributed by atoms with Crippen LogP contribution in [0.4, 0.5) is 0 Å². The smallest absolute Gasteiger partial charge is 0 e. The summed E-state index contributed by atoms with van der Waals surface area (Å²) in [5.74, 6) is 0. The normalized spacial score (nSPS) is 11.6. The maximum absolute atomic E-state index is 2.99. The van der Waals surface area contributed by atoms with Crippen LogP contribution in [0, 0.1) is 19.9 Å². The van der Waals surface area contributed by atoms with Crippen molar-refractivity contribution in [2.24, 2.45) is 0 Å². The van der Waals surface area contributed by atoms with Gasteiger partial charge in [0.15, 0.2) is 0 Å². The SMILES string of the molecule is Cc1ccc(C)cc1.[C-]1=CC=CC1.[V]. The van der Waals surface area contributed by atoms with Crippen molar-refractivity contribution in [3.63, 3.8) is 0 Å². The maximum atomic E-state index is 2.99. The van der Waals surface area contributed by atoms with Gasteiger partial charge in [0.05, 0.1) is 0 Å². The van der Waals surface area contributed by atoms with Crippen LogP contribution in [0.2, 0.25) is 0 Å². The minimum absolute atomic E-state index is 0. The molecule has 1 radical (unpaired) electrons.